The summed E-state index contributed by atoms with van der Waals surface area (Å²) in [6.07, 6.45) is 8.67. The minimum atomic E-state index is -0.170. The highest BCUT2D eigenvalue weighted by molar-refractivity contribution is 5.54. The van der Waals surface area contributed by atoms with Crippen molar-refractivity contribution in [1.29, 1.82) is 0 Å². The van der Waals surface area contributed by atoms with Crippen LogP contribution in [0.15, 0.2) is 23.8 Å². The standard InChI is InChI=1S/C17H22O2.C8H19N.C5H12/c1-10-5-7-13-12(9-10)15-14(19-17(13,3)4)8-6-11(2)16(15)18;1-6-9(7(2)3)8(4)5;1-3-5-4-2/h6,8-9,12-13,18H,5,7H2,1-4H3;7-8H,6H2,1-5H3;3-5H2,1-2H3/p+1/t12-,13-;;/m1../s1. The van der Waals surface area contributed by atoms with E-state index in [0.29, 0.717) is 11.7 Å². The molecule has 0 aromatic heterocycles. The van der Waals surface area contributed by atoms with Gasteiger partial charge in [0.15, 0.2) is 0 Å². The predicted octanol–water partition coefficient (Wildman–Crippen LogP) is 7.22. The summed E-state index contributed by atoms with van der Waals surface area (Å²) in [4.78, 5) is 1.69. The van der Waals surface area contributed by atoms with Gasteiger partial charge in [-0.1, -0.05) is 50.8 Å². The zero-order valence-electron chi connectivity index (χ0n) is 23.6. The van der Waals surface area contributed by atoms with Crippen molar-refractivity contribution in [3.8, 4) is 11.5 Å². The minimum Gasteiger partial charge on any atom is -0.507 e. The first-order valence-electron chi connectivity index (χ1n) is 13.4. The van der Waals surface area contributed by atoms with Crippen LogP contribution < -0.4 is 9.64 Å². The smallest absolute Gasteiger partial charge is 0.127 e. The number of aryl methyl sites for hydroxylation is 1. The largest absolute Gasteiger partial charge is 0.507 e. The normalized spacial score (nSPS) is 20.6. The Bertz CT molecular complexity index is 738. The molecule has 1 aromatic rings. The number of rotatable bonds is 5. The van der Waals surface area contributed by atoms with E-state index in [0.717, 1.165) is 41.8 Å². The molecule has 0 spiro atoms. The summed E-state index contributed by atoms with van der Waals surface area (Å²) in [6.45, 7) is 25.5. The van der Waals surface area contributed by atoms with Gasteiger partial charge < -0.3 is 14.7 Å². The van der Waals surface area contributed by atoms with Crippen LogP contribution in [0.25, 0.3) is 0 Å². The van der Waals surface area contributed by atoms with Gasteiger partial charge in [-0.05, 0) is 86.8 Å². The van der Waals surface area contributed by atoms with Crippen LogP contribution in [0.1, 0.15) is 118 Å². The van der Waals surface area contributed by atoms with E-state index < -0.39 is 0 Å². The number of benzene rings is 1. The summed E-state index contributed by atoms with van der Waals surface area (Å²) < 4.78 is 6.17. The van der Waals surface area contributed by atoms with Gasteiger partial charge in [-0.25, -0.2) is 0 Å². The molecule has 0 bridgehead atoms. The number of fused-ring (bicyclic) bond motifs is 3. The number of unbranched alkanes of at least 4 members (excludes halogenated alkanes) is 2. The molecule has 2 N–H and O–H groups in total. The summed E-state index contributed by atoms with van der Waals surface area (Å²) in [5.41, 5.74) is 3.17. The third-order valence-electron chi connectivity index (χ3n) is 7.32. The van der Waals surface area contributed by atoms with Gasteiger partial charge in [0.2, 0.25) is 0 Å². The molecule has 3 rings (SSSR count). The number of hydrogen-bond donors (Lipinski definition) is 2. The maximum atomic E-state index is 10.4. The molecule has 190 valence electrons. The lowest BCUT2D eigenvalue weighted by molar-refractivity contribution is -0.940. The van der Waals surface area contributed by atoms with Crippen molar-refractivity contribution < 1.29 is 14.7 Å². The first-order valence-corrected chi connectivity index (χ1v) is 13.4. The monoisotopic (exact) mass is 460 g/mol. The van der Waals surface area contributed by atoms with E-state index in [1.54, 1.807) is 4.90 Å². The number of aromatic hydroxyl groups is 1. The average Bonchev–Trinajstić information content (AvgIpc) is 2.71. The van der Waals surface area contributed by atoms with Gasteiger partial charge in [0.05, 0.1) is 18.6 Å². The van der Waals surface area contributed by atoms with Crippen LogP contribution in [-0.2, 0) is 0 Å². The molecule has 3 heteroatoms. The lowest BCUT2D eigenvalue weighted by Crippen LogP contribution is -3.17. The van der Waals surface area contributed by atoms with E-state index in [2.05, 4.69) is 75.3 Å². The Morgan fingerprint density at radius 1 is 1.03 bits per heavy atom. The van der Waals surface area contributed by atoms with Gasteiger partial charge in [-0.2, -0.15) is 0 Å². The highest BCUT2D eigenvalue weighted by Gasteiger charge is 2.45. The molecule has 1 aliphatic heterocycles. The van der Waals surface area contributed by atoms with Gasteiger partial charge in [-0.3, -0.25) is 0 Å². The molecule has 2 aliphatic rings. The zero-order valence-corrected chi connectivity index (χ0v) is 23.6. The molecule has 3 nitrogen and oxygen atoms in total. The van der Waals surface area contributed by atoms with Gasteiger partial charge in [0.1, 0.15) is 17.1 Å². The van der Waals surface area contributed by atoms with E-state index in [9.17, 15) is 5.11 Å². The molecular formula is C30H54NO2+. The van der Waals surface area contributed by atoms with Crippen molar-refractivity contribution in [2.24, 2.45) is 5.92 Å². The summed E-state index contributed by atoms with van der Waals surface area (Å²) in [7, 11) is 0. The Balaban J connectivity index is 0.000000326. The molecule has 1 aromatic carbocycles. The number of hydrogen-bond acceptors (Lipinski definition) is 2. The van der Waals surface area contributed by atoms with Crippen molar-refractivity contribution in [2.75, 3.05) is 6.54 Å². The fourth-order valence-electron chi connectivity index (χ4n) is 5.44. The van der Waals surface area contributed by atoms with Gasteiger partial charge in [0, 0.05) is 17.4 Å². The molecule has 1 aliphatic carbocycles. The second-order valence-electron chi connectivity index (χ2n) is 11.1. The number of allylic oxidation sites excluding steroid dienone is 2. The molecule has 2 atom stereocenters. The highest BCUT2D eigenvalue weighted by Crippen LogP contribution is 2.53. The van der Waals surface area contributed by atoms with Crippen LogP contribution in [0.2, 0.25) is 0 Å². The number of quaternary nitrogens is 1. The van der Waals surface area contributed by atoms with Crippen molar-refractivity contribution in [3.05, 3.63) is 34.9 Å². The van der Waals surface area contributed by atoms with E-state index in [1.807, 2.05) is 19.1 Å². The number of ether oxygens (including phenoxy) is 1. The van der Waals surface area contributed by atoms with E-state index in [1.165, 1.54) is 31.4 Å². The molecule has 33 heavy (non-hydrogen) atoms. The quantitative estimate of drug-likeness (QED) is 0.455. The topological polar surface area (TPSA) is 33.9 Å². The molecule has 0 radical (unpaired) electrons. The van der Waals surface area contributed by atoms with Crippen LogP contribution >= 0.6 is 0 Å². The van der Waals surface area contributed by atoms with E-state index in [4.69, 9.17) is 4.74 Å². The van der Waals surface area contributed by atoms with Crippen LogP contribution in [0.4, 0.5) is 0 Å². The fourth-order valence-corrected chi connectivity index (χ4v) is 5.44. The van der Waals surface area contributed by atoms with Crippen molar-refractivity contribution in [2.45, 2.75) is 132 Å². The summed E-state index contributed by atoms with van der Waals surface area (Å²) in [5.74, 6) is 1.98. The molecule has 1 heterocycles. The van der Waals surface area contributed by atoms with E-state index >= 15 is 0 Å². The van der Waals surface area contributed by atoms with Crippen molar-refractivity contribution in [3.63, 3.8) is 0 Å². The predicted molar refractivity (Wildman–Crippen MR) is 144 cm³/mol. The molecule has 0 amide bonds. The summed E-state index contributed by atoms with van der Waals surface area (Å²) in [5, 5.41) is 10.4. The molecule has 0 unspecified atom stereocenters. The Morgan fingerprint density at radius 2 is 1.61 bits per heavy atom. The molecule has 0 saturated carbocycles. The average molecular weight is 461 g/mol. The van der Waals surface area contributed by atoms with Crippen LogP contribution in [0, 0.1) is 12.8 Å². The van der Waals surface area contributed by atoms with Gasteiger partial charge in [-0.15, -0.1) is 0 Å². The second-order valence-corrected chi connectivity index (χ2v) is 11.1. The fraction of sp³-hybridized carbons (Fsp3) is 0.733. The third kappa shape index (κ3) is 8.05. The highest BCUT2D eigenvalue weighted by atomic mass is 16.5. The molecule has 0 saturated heterocycles. The SMILES string of the molecule is CC1=C[C@H]2c3c(ccc(C)c3O)OC(C)(C)[C@@H]2CC1.CCCCC.CC[NH+](C(C)C)C(C)C. The minimum absolute atomic E-state index is 0.170. The number of nitrogens with one attached hydrogen (secondary N) is 1. The van der Waals surface area contributed by atoms with Crippen molar-refractivity contribution >= 4 is 0 Å². The maximum absolute atomic E-state index is 10.4. The Kier molecular flexibility index (Phi) is 12.0. The third-order valence-corrected chi connectivity index (χ3v) is 7.32. The summed E-state index contributed by atoms with van der Waals surface area (Å²) >= 11 is 0. The molecular weight excluding hydrogens is 406 g/mol. The maximum Gasteiger partial charge on any atom is 0.127 e. The van der Waals surface area contributed by atoms with Gasteiger partial charge in [0.25, 0.3) is 0 Å². The van der Waals surface area contributed by atoms with E-state index in [-0.39, 0.29) is 11.5 Å². The Labute approximate surface area is 205 Å². The molecule has 0 fully saturated rings. The second kappa shape index (κ2) is 13.4. The van der Waals surface area contributed by atoms with Gasteiger partial charge >= 0.3 is 0 Å². The lowest BCUT2D eigenvalue weighted by atomic mass is 9.68. The van der Waals surface area contributed by atoms with Crippen LogP contribution in [0.5, 0.6) is 11.5 Å². The number of phenolic OH excluding ortho intramolecular Hbond substituents is 1. The van der Waals surface area contributed by atoms with Crippen molar-refractivity contribution in [1.82, 2.24) is 0 Å². The lowest BCUT2D eigenvalue weighted by Gasteiger charge is -2.46. The first kappa shape index (κ1) is 29.6. The Hall–Kier alpha value is -1.48. The first-order chi connectivity index (χ1) is 15.4. The number of phenols is 1. The van der Waals surface area contributed by atoms with Crippen LogP contribution in [-0.4, -0.2) is 29.3 Å². The summed E-state index contributed by atoms with van der Waals surface area (Å²) in [6, 6.07) is 5.48. The Morgan fingerprint density at radius 3 is 2.03 bits per heavy atom. The zero-order chi connectivity index (χ0) is 25.3. The van der Waals surface area contributed by atoms with Crippen LogP contribution in [0.3, 0.4) is 0 Å².